The van der Waals surface area contributed by atoms with Crippen LogP contribution in [-0.4, -0.2) is 20.7 Å². The molecule has 1 aliphatic heterocycles. The number of Topliss-reactive ketones (excluding diaryl/α,β-unsaturated/α-hetero) is 1. The Balaban J connectivity index is 1.96. The molecular weight excluding hydrogens is 364 g/mol. The highest BCUT2D eigenvalue weighted by molar-refractivity contribution is 6.01. The SMILES string of the molecule is CC1(C)CC(=O)C2=C(C1)Nc1[nH]c(=O)[nH]c(=O)c1C2c1ccc([N+](=O)[O-])cc1. The molecule has 0 amide bonds. The average molecular weight is 382 g/mol. The average Bonchev–Trinajstić information content (AvgIpc) is 2.58. The molecule has 28 heavy (non-hydrogen) atoms. The molecule has 1 unspecified atom stereocenters. The Bertz CT molecular complexity index is 1150. The zero-order valence-electron chi connectivity index (χ0n) is 15.3. The van der Waals surface area contributed by atoms with Crippen LogP contribution in [0.25, 0.3) is 0 Å². The largest absolute Gasteiger partial charge is 0.344 e. The van der Waals surface area contributed by atoms with Crippen LogP contribution >= 0.6 is 0 Å². The van der Waals surface area contributed by atoms with E-state index in [4.69, 9.17) is 0 Å². The number of aromatic nitrogens is 2. The van der Waals surface area contributed by atoms with E-state index in [-0.39, 0.29) is 28.3 Å². The van der Waals surface area contributed by atoms with Crippen LogP contribution in [0.4, 0.5) is 11.5 Å². The van der Waals surface area contributed by atoms with E-state index in [2.05, 4.69) is 15.3 Å². The van der Waals surface area contributed by atoms with Gasteiger partial charge in [-0.2, -0.15) is 0 Å². The highest BCUT2D eigenvalue weighted by atomic mass is 16.6. The molecular formula is C19H18N4O5. The maximum Gasteiger partial charge on any atom is 0.327 e. The van der Waals surface area contributed by atoms with E-state index in [1.807, 2.05) is 13.8 Å². The number of non-ortho nitro benzene ring substituents is 1. The highest BCUT2D eigenvalue weighted by Gasteiger charge is 2.42. The predicted molar refractivity (Wildman–Crippen MR) is 101 cm³/mol. The van der Waals surface area contributed by atoms with Crippen LogP contribution < -0.4 is 16.6 Å². The number of nitro benzene ring substituents is 1. The van der Waals surface area contributed by atoms with Crippen molar-refractivity contribution in [1.82, 2.24) is 9.97 Å². The second-order valence-corrected chi connectivity index (χ2v) is 7.94. The Morgan fingerprint density at radius 2 is 1.75 bits per heavy atom. The van der Waals surface area contributed by atoms with Gasteiger partial charge in [-0.1, -0.05) is 26.0 Å². The summed E-state index contributed by atoms with van der Waals surface area (Å²) in [6.45, 7) is 3.96. The molecule has 9 heteroatoms. The number of rotatable bonds is 2. The van der Waals surface area contributed by atoms with Gasteiger partial charge in [-0.15, -0.1) is 0 Å². The first-order valence-corrected chi connectivity index (χ1v) is 8.80. The maximum absolute atomic E-state index is 13.0. The van der Waals surface area contributed by atoms with E-state index in [1.54, 1.807) is 12.1 Å². The van der Waals surface area contributed by atoms with Crippen molar-refractivity contribution in [3.05, 3.63) is 77.6 Å². The fourth-order valence-electron chi connectivity index (χ4n) is 4.07. The number of nitro groups is 1. The molecule has 0 saturated heterocycles. The minimum absolute atomic E-state index is 0.0846. The lowest BCUT2D eigenvalue weighted by Crippen LogP contribution is -2.38. The number of fused-ring (bicyclic) bond motifs is 1. The standard InChI is InChI=1S/C19H18N4O5/c1-19(2)7-11-14(12(24)8-19)13(9-3-5-10(6-4-9)23(27)28)15-16(20-11)21-18(26)22-17(15)25/h3-6,13H,7-8H2,1-2H3,(H3,20,21,22,25,26). The van der Waals surface area contributed by atoms with Gasteiger partial charge in [0.2, 0.25) is 0 Å². The summed E-state index contributed by atoms with van der Waals surface area (Å²) in [6.07, 6.45) is 0.902. The lowest BCUT2D eigenvalue weighted by molar-refractivity contribution is -0.384. The van der Waals surface area contributed by atoms with Gasteiger partial charge in [0.25, 0.3) is 11.2 Å². The van der Waals surface area contributed by atoms with Crippen molar-refractivity contribution >= 4 is 17.3 Å². The lowest BCUT2D eigenvalue weighted by atomic mass is 9.69. The van der Waals surface area contributed by atoms with Crippen LogP contribution in [0.2, 0.25) is 0 Å². The molecule has 9 nitrogen and oxygen atoms in total. The van der Waals surface area contributed by atoms with Gasteiger partial charge in [-0.05, 0) is 17.4 Å². The maximum atomic E-state index is 13.0. The first-order chi connectivity index (χ1) is 13.2. The fourth-order valence-corrected chi connectivity index (χ4v) is 4.07. The number of H-pyrrole nitrogens is 2. The summed E-state index contributed by atoms with van der Waals surface area (Å²) in [6, 6.07) is 5.77. The van der Waals surface area contributed by atoms with Crippen molar-refractivity contribution in [1.29, 1.82) is 0 Å². The fraction of sp³-hybridized carbons (Fsp3) is 0.316. The van der Waals surface area contributed by atoms with E-state index in [0.717, 1.165) is 0 Å². The van der Waals surface area contributed by atoms with Crippen LogP contribution in [0.15, 0.2) is 45.1 Å². The van der Waals surface area contributed by atoms with Crippen molar-refractivity contribution in [3.63, 3.8) is 0 Å². The molecule has 0 fully saturated rings. The van der Waals surface area contributed by atoms with E-state index in [1.165, 1.54) is 12.1 Å². The van der Waals surface area contributed by atoms with Crippen LogP contribution in [0, 0.1) is 15.5 Å². The second-order valence-electron chi connectivity index (χ2n) is 7.94. The third-order valence-electron chi connectivity index (χ3n) is 5.19. The summed E-state index contributed by atoms with van der Waals surface area (Å²) < 4.78 is 0. The summed E-state index contributed by atoms with van der Waals surface area (Å²) in [7, 11) is 0. The van der Waals surface area contributed by atoms with Crippen molar-refractivity contribution in [2.75, 3.05) is 5.32 Å². The van der Waals surface area contributed by atoms with Gasteiger partial charge in [0.05, 0.1) is 10.5 Å². The molecule has 2 aliphatic rings. The number of benzene rings is 1. The first kappa shape index (κ1) is 17.9. The number of carbonyl (C=O) groups excluding carboxylic acids is 1. The van der Waals surface area contributed by atoms with Gasteiger partial charge in [-0.3, -0.25) is 29.7 Å². The van der Waals surface area contributed by atoms with Crippen molar-refractivity contribution in [2.24, 2.45) is 5.41 Å². The molecule has 3 N–H and O–H groups in total. The van der Waals surface area contributed by atoms with Crippen LogP contribution in [0.1, 0.15) is 43.7 Å². The Kier molecular flexibility index (Phi) is 3.84. The van der Waals surface area contributed by atoms with E-state index in [9.17, 15) is 24.5 Å². The molecule has 1 atom stereocenters. The third kappa shape index (κ3) is 2.84. The Morgan fingerprint density at radius 1 is 1.07 bits per heavy atom. The van der Waals surface area contributed by atoms with Crippen LogP contribution in [0.5, 0.6) is 0 Å². The molecule has 2 aromatic rings. The lowest BCUT2D eigenvalue weighted by Gasteiger charge is -2.38. The van der Waals surface area contributed by atoms with Crippen molar-refractivity contribution in [2.45, 2.75) is 32.6 Å². The number of nitrogens with one attached hydrogen (secondary N) is 3. The molecule has 144 valence electrons. The van der Waals surface area contributed by atoms with Gasteiger partial charge in [0.15, 0.2) is 5.78 Å². The van der Waals surface area contributed by atoms with Crippen molar-refractivity contribution in [3.8, 4) is 0 Å². The van der Waals surface area contributed by atoms with Crippen LogP contribution in [0.3, 0.4) is 0 Å². The van der Waals surface area contributed by atoms with E-state index < -0.39 is 22.1 Å². The topological polar surface area (TPSA) is 138 Å². The summed E-state index contributed by atoms with van der Waals surface area (Å²) in [5.74, 6) is -0.545. The molecule has 0 radical (unpaired) electrons. The quantitative estimate of drug-likeness (QED) is 0.537. The Morgan fingerprint density at radius 3 is 2.39 bits per heavy atom. The van der Waals surface area contributed by atoms with Crippen LogP contribution in [-0.2, 0) is 4.79 Å². The monoisotopic (exact) mass is 382 g/mol. The van der Waals surface area contributed by atoms with Gasteiger partial charge < -0.3 is 5.32 Å². The molecule has 4 rings (SSSR count). The molecule has 0 saturated carbocycles. The van der Waals surface area contributed by atoms with Gasteiger partial charge >= 0.3 is 5.69 Å². The zero-order chi connectivity index (χ0) is 20.2. The van der Waals surface area contributed by atoms with Crippen molar-refractivity contribution < 1.29 is 9.72 Å². The number of anilines is 1. The minimum atomic E-state index is -0.712. The number of aromatic amines is 2. The van der Waals surface area contributed by atoms with E-state index >= 15 is 0 Å². The number of hydrogen-bond donors (Lipinski definition) is 3. The molecule has 1 aliphatic carbocycles. The summed E-state index contributed by atoms with van der Waals surface area (Å²) >= 11 is 0. The molecule has 1 aromatic heterocycles. The molecule has 1 aromatic carbocycles. The number of ketones is 1. The molecule has 0 bridgehead atoms. The Labute approximate surface area is 158 Å². The molecule has 2 heterocycles. The number of allylic oxidation sites excluding steroid dienone is 2. The third-order valence-corrected chi connectivity index (χ3v) is 5.19. The molecule has 0 spiro atoms. The number of carbonyl (C=O) groups is 1. The number of hydrogen-bond acceptors (Lipinski definition) is 6. The smallest absolute Gasteiger partial charge is 0.327 e. The first-order valence-electron chi connectivity index (χ1n) is 8.80. The summed E-state index contributed by atoms with van der Waals surface area (Å²) in [5.41, 5.74) is 0.340. The van der Waals surface area contributed by atoms with Gasteiger partial charge in [-0.25, -0.2) is 4.79 Å². The zero-order valence-corrected chi connectivity index (χ0v) is 15.3. The Hall–Kier alpha value is -3.49. The number of nitrogens with zero attached hydrogens (tertiary/aromatic N) is 1. The summed E-state index contributed by atoms with van der Waals surface area (Å²) in [4.78, 5) is 52.6. The van der Waals surface area contributed by atoms with Gasteiger partial charge in [0.1, 0.15) is 5.82 Å². The highest BCUT2D eigenvalue weighted by Crippen LogP contribution is 2.47. The normalized spacial score (nSPS) is 20.2. The van der Waals surface area contributed by atoms with E-state index in [0.29, 0.717) is 29.7 Å². The predicted octanol–water partition coefficient (Wildman–Crippen LogP) is 2.17. The second kappa shape index (κ2) is 6.01. The summed E-state index contributed by atoms with van der Waals surface area (Å²) in [5, 5.41) is 14.0. The van der Waals surface area contributed by atoms with Gasteiger partial charge in [0, 0.05) is 35.7 Å². The minimum Gasteiger partial charge on any atom is -0.344 e.